The summed E-state index contributed by atoms with van der Waals surface area (Å²) >= 11 is 0. The third-order valence-corrected chi connectivity index (χ3v) is 6.31. The molecule has 7 nitrogen and oxygen atoms in total. The lowest BCUT2D eigenvalue weighted by molar-refractivity contribution is 0.597. The molecule has 3 rings (SSSR count). The molecule has 0 aliphatic carbocycles. The van der Waals surface area contributed by atoms with E-state index in [1.54, 1.807) is 24.6 Å². The molecule has 0 unspecified atom stereocenters. The Morgan fingerprint density at radius 2 is 1.79 bits per heavy atom. The van der Waals surface area contributed by atoms with Gasteiger partial charge in [-0.1, -0.05) is 13.8 Å². The monoisotopic (exact) mass is 402 g/mol. The van der Waals surface area contributed by atoms with E-state index in [2.05, 4.69) is 13.8 Å². The average molecular weight is 403 g/mol. The van der Waals surface area contributed by atoms with Crippen LogP contribution in [0.2, 0.25) is 0 Å². The van der Waals surface area contributed by atoms with Gasteiger partial charge in [-0.3, -0.25) is 9.36 Å². The second-order valence-corrected chi connectivity index (χ2v) is 8.79. The molecule has 0 bridgehead atoms. The Balaban J connectivity index is 2.29. The fraction of sp³-hybridized carbons (Fsp3) is 0.400. The van der Waals surface area contributed by atoms with Gasteiger partial charge in [-0.15, -0.1) is 5.10 Å². The van der Waals surface area contributed by atoms with Crippen molar-refractivity contribution in [2.45, 2.75) is 51.3 Å². The van der Waals surface area contributed by atoms with Crippen LogP contribution in [0.15, 0.2) is 34.0 Å². The van der Waals surface area contributed by atoms with Gasteiger partial charge in [0.1, 0.15) is 5.52 Å². The van der Waals surface area contributed by atoms with Crippen molar-refractivity contribution in [3.05, 3.63) is 51.4 Å². The van der Waals surface area contributed by atoms with E-state index >= 15 is 0 Å². The largest absolute Gasteiger partial charge is 0.293 e. The van der Waals surface area contributed by atoms with Crippen LogP contribution in [0.5, 0.6) is 0 Å². The molecule has 28 heavy (non-hydrogen) atoms. The molecule has 8 heteroatoms. The lowest BCUT2D eigenvalue weighted by atomic mass is 9.95. The molecule has 150 valence electrons. The fourth-order valence-corrected chi connectivity index (χ4v) is 4.35. The molecule has 0 saturated carbocycles. The summed E-state index contributed by atoms with van der Waals surface area (Å²) in [5.74, 6) is 0.783. The van der Waals surface area contributed by atoms with Gasteiger partial charge < -0.3 is 0 Å². The summed E-state index contributed by atoms with van der Waals surface area (Å²) in [4.78, 5) is 13.3. The van der Waals surface area contributed by atoms with Crippen molar-refractivity contribution >= 4 is 15.5 Å². The minimum Gasteiger partial charge on any atom is -0.293 e. The van der Waals surface area contributed by atoms with Gasteiger partial charge in [-0.2, -0.15) is 0 Å². The Hall–Kier alpha value is -2.45. The topological polar surface area (TPSA) is 99.5 Å². The molecule has 0 aliphatic heterocycles. The number of sulfonamides is 1. The number of fused-ring (bicyclic) bond motifs is 1. The Kier molecular flexibility index (Phi) is 5.20. The molecule has 0 aliphatic rings. The van der Waals surface area contributed by atoms with Gasteiger partial charge >= 0.3 is 0 Å². The summed E-state index contributed by atoms with van der Waals surface area (Å²) in [5, 5.41) is 9.95. The Bertz CT molecular complexity index is 1220. The van der Waals surface area contributed by atoms with E-state index in [1.165, 1.54) is 16.7 Å². The quantitative estimate of drug-likeness (QED) is 0.709. The van der Waals surface area contributed by atoms with E-state index in [9.17, 15) is 13.2 Å². The number of benzene rings is 1. The molecule has 1 aromatic carbocycles. The van der Waals surface area contributed by atoms with Crippen molar-refractivity contribution in [3.63, 3.8) is 0 Å². The van der Waals surface area contributed by atoms with Crippen molar-refractivity contribution in [1.82, 2.24) is 14.2 Å². The molecule has 2 N–H and O–H groups in total. The smallest absolute Gasteiger partial charge is 0.278 e. The first-order valence-electron chi connectivity index (χ1n) is 9.33. The lowest BCUT2D eigenvalue weighted by Gasteiger charge is -2.14. The summed E-state index contributed by atoms with van der Waals surface area (Å²) < 4.78 is 26.4. The van der Waals surface area contributed by atoms with Gasteiger partial charge in [0, 0.05) is 18.3 Å². The van der Waals surface area contributed by atoms with Gasteiger partial charge in [0.2, 0.25) is 10.0 Å². The van der Waals surface area contributed by atoms with Crippen LogP contribution in [0.25, 0.3) is 16.9 Å². The van der Waals surface area contributed by atoms with Gasteiger partial charge in [0.15, 0.2) is 5.82 Å². The normalized spacial score (nSPS) is 12.2. The summed E-state index contributed by atoms with van der Waals surface area (Å²) in [6.07, 6.45) is 1.91. The molecular weight excluding hydrogens is 376 g/mol. The summed E-state index contributed by atoms with van der Waals surface area (Å²) in [6.45, 7) is 7.95. The molecule has 2 heterocycles. The maximum Gasteiger partial charge on any atom is 0.278 e. The van der Waals surface area contributed by atoms with Gasteiger partial charge in [-0.25, -0.2) is 18.1 Å². The highest BCUT2D eigenvalue weighted by molar-refractivity contribution is 7.89. The molecule has 0 amide bonds. The van der Waals surface area contributed by atoms with Gasteiger partial charge in [0.05, 0.1) is 4.90 Å². The number of hydrogen-bond donors (Lipinski definition) is 1. The SMILES string of the molecule is CCC(CC)c1cc(C)n2nc(-c3ccc(S(N)(=O)=O)cc3C)n(C)c(=O)c12. The maximum absolute atomic E-state index is 13.2. The van der Waals surface area contributed by atoms with Crippen LogP contribution >= 0.6 is 0 Å². The number of hydrogen-bond acceptors (Lipinski definition) is 4. The first-order chi connectivity index (χ1) is 13.1. The maximum atomic E-state index is 13.2. The molecule has 0 radical (unpaired) electrons. The van der Waals surface area contributed by atoms with E-state index < -0.39 is 10.0 Å². The van der Waals surface area contributed by atoms with Crippen LogP contribution in [0.3, 0.4) is 0 Å². The highest BCUT2D eigenvalue weighted by Gasteiger charge is 2.21. The zero-order chi connectivity index (χ0) is 20.8. The lowest BCUT2D eigenvalue weighted by Crippen LogP contribution is -2.24. The average Bonchev–Trinajstić information content (AvgIpc) is 2.95. The first-order valence-corrected chi connectivity index (χ1v) is 10.9. The van der Waals surface area contributed by atoms with Crippen LogP contribution in [0.1, 0.15) is 49.4 Å². The van der Waals surface area contributed by atoms with Crippen molar-refractivity contribution < 1.29 is 8.42 Å². The Labute approximate surface area is 164 Å². The number of rotatable bonds is 5. The third-order valence-electron chi connectivity index (χ3n) is 5.40. The van der Waals surface area contributed by atoms with Gasteiger partial charge in [-0.05, 0) is 68.0 Å². The fourth-order valence-electron chi connectivity index (χ4n) is 3.75. The molecule has 0 spiro atoms. The second-order valence-electron chi connectivity index (χ2n) is 7.22. The summed E-state index contributed by atoms with van der Waals surface area (Å²) in [7, 11) is -2.10. The molecule has 3 aromatic rings. The summed E-state index contributed by atoms with van der Waals surface area (Å²) in [5.41, 5.74) is 3.79. The van der Waals surface area contributed by atoms with Crippen LogP contribution in [0.4, 0.5) is 0 Å². The number of primary sulfonamides is 1. The van der Waals surface area contributed by atoms with Gasteiger partial charge in [0.25, 0.3) is 5.56 Å². The zero-order valence-electron chi connectivity index (χ0n) is 16.9. The number of aryl methyl sites for hydroxylation is 2. The van der Waals surface area contributed by atoms with Crippen molar-refractivity contribution in [2.75, 3.05) is 0 Å². The second kappa shape index (κ2) is 7.18. The predicted molar refractivity (Wildman–Crippen MR) is 110 cm³/mol. The number of aromatic nitrogens is 3. The highest BCUT2D eigenvalue weighted by Crippen LogP contribution is 2.29. The molecule has 0 saturated heterocycles. The predicted octanol–water partition coefficient (Wildman–Crippen LogP) is 2.87. The highest BCUT2D eigenvalue weighted by atomic mass is 32.2. The number of nitrogens with two attached hydrogens (primary N) is 1. The zero-order valence-corrected chi connectivity index (χ0v) is 17.7. The minimum absolute atomic E-state index is 0.0352. The van der Waals surface area contributed by atoms with E-state index in [4.69, 9.17) is 10.2 Å². The Morgan fingerprint density at radius 1 is 1.14 bits per heavy atom. The van der Waals surface area contributed by atoms with Crippen LogP contribution in [-0.2, 0) is 17.1 Å². The van der Waals surface area contributed by atoms with E-state index in [1.807, 2.05) is 13.0 Å². The molecular formula is C20H26N4O3S. The molecule has 2 aromatic heterocycles. The van der Waals surface area contributed by atoms with E-state index in [0.29, 0.717) is 28.4 Å². The van der Waals surface area contributed by atoms with Crippen LogP contribution < -0.4 is 10.7 Å². The van der Waals surface area contributed by atoms with Crippen LogP contribution in [-0.4, -0.2) is 22.6 Å². The molecule has 0 fully saturated rings. The standard InChI is InChI=1S/C20H26N4O3S/c1-6-14(7-2)17-11-13(4)24-18(17)20(25)23(5)19(22-24)16-9-8-15(10-12(16)3)28(21,26)27/h8-11,14H,6-7H2,1-5H3,(H2,21,26,27). The summed E-state index contributed by atoms with van der Waals surface area (Å²) in [6, 6.07) is 6.62. The van der Waals surface area contributed by atoms with Crippen molar-refractivity contribution in [2.24, 2.45) is 12.2 Å². The van der Waals surface area contributed by atoms with Crippen LogP contribution in [0, 0.1) is 13.8 Å². The third kappa shape index (κ3) is 3.27. The van der Waals surface area contributed by atoms with E-state index in [-0.39, 0.29) is 10.5 Å². The first kappa shape index (κ1) is 20.3. The molecule has 0 atom stereocenters. The minimum atomic E-state index is -3.79. The Morgan fingerprint density at radius 3 is 2.32 bits per heavy atom. The van der Waals surface area contributed by atoms with Crippen molar-refractivity contribution in [1.29, 1.82) is 0 Å². The van der Waals surface area contributed by atoms with Crippen molar-refractivity contribution in [3.8, 4) is 11.4 Å². The number of nitrogens with zero attached hydrogens (tertiary/aromatic N) is 3. The van der Waals surface area contributed by atoms with E-state index in [0.717, 1.165) is 24.1 Å².